The van der Waals surface area contributed by atoms with Crippen LogP contribution in [0.15, 0.2) is 0 Å². The zero-order valence-electron chi connectivity index (χ0n) is 9.03. The Morgan fingerprint density at radius 2 is 2.00 bits per heavy atom. The molecule has 0 N–H and O–H groups in total. The Hall–Kier alpha value is 0.170. The summed E-state index contributed by atoms with van der Waals surface area (Å²) in [6.45, 7) is 6.97. The normalized spacial score (nSPS) is 13.1. The van der Waals surface area contributed by atoms with Crippen LogP contribution in [0.4, 0.5) is 0 Å². The first-order chi connectivity index (χ1) is 6.04. The summed E-state index contributed by atoms with van der Waals surface area (Å²) in [5, 5.41) is 0.0972. The van der Waals surface area contributed by atoms with E-state index in [1.807, 2.05) is 20.2 Å². The van der Waals surface area contributed by atoms with Crippen LogP contribution in [0.5, 0.6) is 0 Å². The summed E-state index contributed by atoms with van der Waals surface area (Å²) in [5.74, 6) is 0.649. The fourth-order valence-corrected chi connectivity index (χ4v) is 3.14. The maximum Gasteiger partial charge on any atom is 0.236 e. The number of carbonyl (C=O) groups is 1. The molecule has 1 unspecified atom stereocenters. The van der Waals surface area contributed by atoms with Crippen molar-refractivity contribution in [1.82, 2.24) is 4.90 Å². The van der Waals surface area contributed by atoms with Gasteiger partial charge in [-0.3, -0.25) is 4.79 Å². The number of hydrogen-bond acceptors (Lipinski definition) is 3. The van der Waals surface area contributed by atoms with Gasteiger partial charge in [0.05, 0.1) is 5.25 Å². The second-order valence-electron chi connectivity index (χ2n) is 3.28. The van der Waals surface area contributed by atoms with Crippen LogP contribution in [0.25, 0.3) is 0 Å². The molecule has 13 heavy (non-hydrogen) atoms. The van der Waals surface area contributed by atoms with Gasteiger partial charge in [-0.15, -0.1) is 0 Å². The average Bonchev–Trinajstić information content (AvgIpc) is 2.11. The summed E-state index contributed by atoms with van der Waals surface area (Å²) in [4.78, 5) is 13.6. The summed E-state index contributed by atoms with van der Waals surface area (Å²) in [6, 6.07) is 0. The molecule has 1 amide bonds. The van der Waals surface area contributed by atoms with Crippen molar-refractivity contribution in [2.24, 2.45) is 5.92 Å². The van der Waals surface area contributed by atoms with Gasteiger partial charge in [0.1, 0.15) is 0 Å². The molecule has 0 bridgehead atoms. The minimum atomic E-state index is 0.0972. The zero-order valence-corrected chi connectivity index (χ0v) is 10.7. The third kappa shape index (κ3) is 4.27. The van der Waals surface area contributed by atoms with Gasteiger partial charge in [-0.1, -0.05) is 35.4 Å². The molecule has 0 fully saturated rings. The molecule has 2 nitrogen and oxygen atoms in total. The topological polar surface area (TPSA) is 20.3 Å². The second kappa shape index (κ2) is 6.60. The van der Waals surface area contributed by atoms with E-state index < -0.39 is 0 Å². The predicted octanol–water partition coefficient (Wildman–Crippen LogP) is 2.50. The van der Waals surface area contributed by atoms with Crippen LogP contribution in [-0.4, -0.2) is 35.9 Å². The van der Waals surface area contributed by atoms with E-state index in [2.05, 4.69) is 13.8 Å². The van der Waals surface area contributed by atoms with Crippen LogP contribution in [0.2, 0.25) is 0 Å². The maximum absolute atomic E-state index is 11.8. The highest BCUT2D eigenvalue weighted by Crippen LogP contribution is 2.30. The van der Waals surface area contributed by atoms with Crippen molar-refractivity contribution in [1.29, 1.82) is 0 Å². The molecule has 4 heteroatoms. The lowest BCUT2D eigenvalue weighted by molar-refractivity contribution is -0.129. The van der Waals surface area contributed by atoms with Crippen LogP contribution in [-0.2, 0) is 4.79 Å². The average molecular weight is 221 g/mol. The first-order valence-electron chi connectivity index (χ1n) is 4.49. The van der Waals surface area contributed by atoms with Crippen molar-refractivity contribution >= 4 is 27.5 Å². The van der Waals surface area contributed by atoms with Gasteiger partial charge in [0.15, 0.2) is 0 Å². The van der Waals surface area contributed by atoms with E-state index >= 15 is 0 Å². The largest absolute Gasteiger partial charge is 0.345 e. The second-order valence-corrected chi connectivity index (χ2v) is 5.89. The molecule has 0 spiro atoms. The number of nitrogens with zero attached hydrogens (tertiary/aromatic N) is 1. The highest BCUT2D eigenvalue weighted by atomic mass is 33.1. The quantitative estimate of drug-likeness (QED) is 0.665. The molecule has 0 radical (unpaired) electrons. The Morgan fingerprint density at radius 3 is 2.31 bits per heavy atom. The van der Waals surface area contributed by atoms with Crippen molar-refractivity contribution in [3.8, 4) is 0 Å². The van der Waals surface area contributed by atoms with E-state index in [0.29, 0.717) is 5.92 Å². The van der Waals surface area contributed by atoms with Crippen molar-refractivity contribution in [2.75, 3.05) is 19.8 Å². The Kier molecular flexibility index (Phi) is 6.68. The van der Waals surface area contributed by atoms with Crippen LogP contribution in [0, 0.1) is 5.92 Å². The van der Waals surface area contributed by atoms with Crippen molar-refractivity contribution in [3.63, 3.8) is 0 Å². The molecule has 78 valence electrons. The van der Waals surface area contributed by atoms with Crippen LogP contribution in [0.1, 0.15) is 20.8 Å². The van der Waals surface area contributed by atoms with Gasteiger partial charge in [-0.05, 0) is 19.1 Å². The Balaban J connectivity index is 4.27. The van der Waals surface area contributed by atoms with Crippen molar-refractivity contribution in [3.05, 3.63) is 0 Å². The summed E-state index contributed by atoms with van der Waals surface area (Å²) < 4.78 is 0. The number of hydrogen-bond donors (Lipinski definition) is 0. The Morgan fingerprint density at radius 1 is 1.46 bits per heavy atom. The first-order valence-corrected chi connectivity index (χ1v) is 7.11. The highest BCUT2D eigenvalue weighted by molar-refractivity contribution is 8.76. The van der Waals surface area contributed by atoms with E-state index in [0.717, 1.165) is 6.54 Å². The van der Waals surface area contributed by atoms with E-state index in [1.165, 1.54) is 0 Å². The molecule has 0 aromatic heterocycles. The monoisotopic (exact) mass is 221 g/mol. The molecule has 0 aromatic rings. The molecule has 0 saturated heterocycles. The van der Waals surface area contributed by atoms with Gasteiger partial charge in [0, 0.05) is 13.6 Å². The number of carbonyl (C=O) groups excluding carboxylic acids is 1. The van der Waals surface area contributed by atoms with Gasteiger partial charge in [0.25, 0.3) is 0 Å². The van der Waals surface area contributed by atoms with Crippen LogP contribution in [0.3, 0.4) is 0 Å². The predicted molar refractivity (Wildman–Crippen MR) is 63.0 cm³/mol. The minimum absolute atomic E-state index is 0.0972. The van der Waals surface area contributed by atoms with E-state index in [9.17, 15) is 4.79 Å². The minimum Gasteiger partial charge on any atom is -0.345 e. The fraction of sp³-hybridized carbons (Fsp3) is 0.889. The molecular formula is C9H19NOS2. The van der Waals surface area contributed by atoms with Gasteiger partial charge >= 0.3 is 0 Å². The number of amides is 1. The molecule has 0 heterocycles. The maximum atomic E-state index is 11.8. The van der Waals surface area contributed by atoms with Crippen LogP contribution < -0.4 is 0 Å². The molecule has 1 atom stereocenters. The van der Waals surface area contributed by atoms with Gasteiger partial charge < -0.3 is 4.90 Å². The lowest BCUT2D eigenvalue weighted by Crippen LogP contribution is -2.36. The third-order valence-electron chi connectivity index (χ3n) is 1.90. The van der Waals surface area contributed by atoms with E-state index in [-0.39, 0.29) is 11.2 Å². The molecular weight excluding hydrogens is 202 g/mol. The standard InChI is InChI=1S/C9H19NOS2/c1-6-10(4)9(11)8(7(2)3)13-12-5/h7-8H,6H2,1-5H3. The van der Waals surface area contributed by atoms with E-state index in [1.54, 1.807) is 26.5 Å². The van der Waals surface area contributed by atoms with Crippen molar-refractivity contribution < 1.29 is 4.79 Å². The first kappa shape index (κ1) is 13.2. The summed E-state index contributed by atoms with van der Waals surface area (Å²) >= 11 is 0. The van der Waals surface area contributed by atoms with Crippen LogP contribution >= 0.6 is 21.6 Å². The lowest BCUT2D eigenvalue weighted by atomic mass is 10.1. The SMILES string of the molecule is CCN(C)C(=O)C(SSC)C(C)C. The smallest absolute Gasteiger partial charge is 0.236 e. The summed E-state index contributed by atoms with van der Waals surface area (Å²) in [6.07, 6.45) is 2.01. The third-order valence-corrected chi connectivity index (χ3v) is 4.24. The van der Waals surface area contributed by atoms with Crippen molar-refractivity contribution in [2.45, 2.75) is 26.0 Å². The van der Waals surface area contributed by atoms with E-state index in [4.69, 9.17) is 0 Å². The molecule has 0 saturated carbocycles. The Bertz CT molecular complexity index is 162. The van der Waals surface area contributed by atoms with Gasteiger partial charge in [-0.2, -0.15) is 0 Å². The molecule has 0 aliphatic carbocycles. The lowest BCUT2D eigenvalue weighted by Gasteiger charge is -2.23. The Labute approximate surface area is 89.2 Å². The fourth-order valence-electron chi connectivity index (χ4n) is 0.914. The molecule has 0 aliphatic rings. The van der Waals surface area contributed by atoms with Gasteiger partial charge in [0.2, 0.25) is 5.91 Å². The van der Waals surface area contributed by atoms with Gasteiger partial charge in [-0.25, -0.2) is 0 Å². The zero-order chi connectivity index (χ0) is 10.4. The summed E-state index contributed by atoms with van der Waals surface area (Å²) in [7, 11) is 5.18. The number of rotatable bonds is 5. The summed E-state index contributed by atoms with van der Waals surface area (Å²) in [5.41, 5.74) is 0. The molecule has 0 aromatic carbocycles. The molecule has 0 aliphatic heterocycles. The molecule has 0 rings (SSSR count). The highest BCUT2D eigenvalue weighted by Gasteiger charge is 2.24.